The third-order valence-electron chi connectivity index (χ3n) is 6.84. The minimum absolute atomic E-state index is 0.0250. The summed E-state index contributed by atoms with van der Waals surface area (Å²) in [6, 6.07) is 24.8. The summed E-state index contributed by atoms with van der Waals surface area (Å²) in [5.74, 6) is -1.23. The van der Waals surface area contributed by atoms with Gasteiger partial charge in [0.05, 0.1) is 12.7 Å². The van der Waals surface area contributed by atoms with Crippen LogP contribution in [0.25, 0.3) is 10.8 Å². The lowest BCUT2D eigenvalue weighted by Gasteiger charge is -2.36. The van der Waals surface area contributed by atoms with Gasteiger partial charge in [0.2, 0.25) is 0 Å². The molecule has 0 saturated carbocycles. The van der Waals surface area contributed by atoms with Gasteiger partial charge >= 0.3 is 0 Å². The summed E-state index contributed by atoms with van der Waals surface area (Å²) in [5.41, 5.74) is 1.49. The lowest BCUT2D eigenvalue weighted by atomic mass is 10.0. The molecule has 0 aromatic heterocycles. The predicted octanol–water partition coefficient (Wildman–Crippen LogP) is 6.49. The maximum absolute atomic E-state index is 14.2. The number of piperazine rings is 1. The Balaban J connectivity index is 1.26. The van der Waals surface area contributed by atoms with Gasteiger partial charge in [0, 0.05) is 48.9 Å². The number of benzene rings is 4. The molecule has 4 nitrogen and oxygen atoms in total. The van der Waals surface area contributed by atoms with Gasteiger partial charge in [-0.25, -0.2) is 8.78 Å². The van der Waals surface area contributed by atoms with Crippen molar-refractivity contribution in [2.45, 2.75) is 12.7 Å². The van der Waals surface area contributed by atoms with E-state index in [1.54, 1.807) is 12.1 Å². The van der Waals surface area contributed by atoms with Crippen LogP contribution in [-0.2, 0) is 11.3 Å². The van der Waals surface area contributed by atoms with Crippen LogP contribution in [0.4, 0.5) is 8.78 Å². The minimum Gasteiger partial charge on any atom is -0.367 e. The number of carbonyl (C=O) groups excluding carboxylic acids is 1. The maximum Gasteiger partial charge on any atom is 0.254 e. The fourth-order valence-corrected chi connectivity index (χ4v) is 4.86. The molecule has 1 amide bonds. The Bertz CT molecular complexity index is 1360. The van der Waals surface area contributed by atoms with Gasteiger partial charge in [0.15, 0.2) is 0 Å². The number of hydrogen-bond acceptors (Lipinski definition) is 3. The molecule has 190 valence electrons. The molecule has 0 unspecified atom stereocenters. The van der Waals surface area contributed by atoms with Crippen molar-refractivity contribution in [1.82, 2.24) is 9.80 Å². The molecule has 0 bridgehead atoms. The number of halogens is 3. The summed E-state index contributed by atoms with van der Waals surface area (Å²) in [5, 5.41) is 2.60. The van der Waals surface area contributed by atoms with Crippen molar-refractivity contribution in [2.24, 2.45) is 0 Å². The highest BCUT2D eigenvalue weighted by molar-refractivity contribution is 6.30. The zero-order valence-corrected chi connectivity index (χ0v) is 21.0. The normalized spacial score (nSPS) is 15.2. The lowest BCUT2D eigenvalue weighted by Crippen LogP contribution is -2.49. The summed E-state index contributed by atoms with van der Waals surface area (Å²) in [4.78, 5) is 17.4. The first-order valence-corrected chi connectivity index (χ1v) is 12.7. The molecule has 4 aromatic carbocycles. The van der Waals surface area contributed by atoms with E-state index in [2.05, 4.69) is 4.90 Å². The van der Waals surface area contributed by atoms with E-state index in [1.165, 1.54) is 18.2 Å². The van der Waals surface area contributed by atoms with Crippen molar-refractivity contribution in [3.05, 3.63) is 118 Å². The van der Waals surface area contributed by atoms with Crippen LogP contribution in [0.2, 0.25) is 5.02 Å². The Labute approximate surface area is 220 Å². The lowest BCUT2D eigenvalue weighted by molar-refractivity contribution is 0.00147. The van der Waals surface area contributed by atoms with Crippen LogP contribution in [0.1, 0.15) is 27.6 Å². The molecule has 0 N–H and O–H groups in total. The summed E-state index contributed by atoms with van der Waals surface area (Å²) in [6.07, 6.45) is -0.420. The van der Waals surface area contributed by atoms with E-state index in [1.807, 2.05) is 59.5 Å². The number of fused-ring (bicyclic) bond motifs is 1. The van der Waals surface area contributed by atoms with Crippen LogP contribution >= 0.6 is 11.6 Å². The maximum atomic E-state index is 14.2. The van der Waals surface area contributed by atoms with E-state index in [9.17, 15) is 13.6 Å². The van der Waals surface area contributed by atoms with Crippen molar-refractivity contribution in [1.29, 1.82) is 0 Å². The van der Waals surface area contributed by atoms with Gasteiger partial charge in [0.25, 0.3) is 5.91 Å². The molecule has 1 atom stereocenters. The average Bonchev–Trinajstić information content (AvgIpc) is 2.92. The monoisotopic (exact) mass is 520 g/mol. The van der Waals surface area contributed by atoms with Crippen molar-refractivity contribution >= 4 is 28.3 Å². The second-order valence-electron chi connectivity index (χ2n) is 9.17. The second kappa shape index (κ2) is 11.4. The van der Waals surface area contributed by atoms with Crippen molar-refractivity contribution in [2.75, 3.05) is 32.7 Å². The second-order valence-corrected chi connectivity index (χ2v) is 9.61. The molecule has 0 radical (unpaired) electrons. The number of hydrogen-bond donors (Lipinski definition) is 0. The van der Waals surface area contributed by atoms with Crippen LogP contribution in [-0.4, -0.2) is 48.4 Å². The first-order chi connectivity index (χ1) is 18.0. The highest BCUT2D eigenvalue weighted by Crippen LogP contribution is 2.26. The van der Waals surface area contributed by atoms with Crippen molar-refractivity contribution in [3.63, 3.8) is 0 Å². The van der Waals surface area contributed by atoms with Gasteiger partial charge in [-0.2, -0.15) is 0 Å². The van der Waals surface area contributed by atoms with E-state index in [-0.39, 0.29) is 18.1 Å². The van der Waals surface area contributed by atoms with E-state index in [0.29, 0.717) is 43.3 Å². The number of amides is 1. The number of rotatable bonds is 7. The zero-order valence-electron chi connectivity index (χ0n) is 20.2. The SMILES string of the molecule is O=C(c1cccc2ccccc12)N1CCN(C[C@H](OCc2c(F)cccc2F)c2ccc(Cl)cc2)CC1. The summed E-state index contributed by atoms with van der Waals surface area (Å²) < 4.78 is 34.4. The van der Waals surface area contributed by atoms with E-state index in [0.717, 1.165) is 16.3 Å². The molecule has 37 heavy (non-hydrogen) atoms. The molecular formula is C30H27ClF2N2O2. The highest BCUT2D eigenvalue weighted by atomic mass is 35.5. The van der Waals surface area contributed by atoms with Gasteiger partial charge < -0.3 is 9.64 Å². The Morgan fingerprint density at radius 3 is 2.22 bits per heavy atom. The summed E-state index contributed by atoms with van der Waals surface area (Å²) in [6.45, 7) is 2.82. The first kappa shape index (κ1) is 25.3. The quantitative estimate of drug-likeness (QED) is 0.279. The molecule has 0 aliphatic carbocycles. The van der Waals surface area contributed by atoms with E-state index >= 15 is 0 Å². The Morgan fingerprint density at radius 2 is 1.49 bits per heavy atom. The highest BCUT2D eigenvalue weighted by Gasteiger charge is 2.26. The van der Waals surface area contributed by atoms with Crippen LogP contribution in [0.3, 0.4) is 0 Å². The smallest absolute Gasteiger partial charge is 0.254 e. The number of carbonyl (C=O) groups is 1. The van der Waals surface area contributed by atoms with E-state index < -0.39 is 17.7 Å². The first-order valence-electron chi connectivity index (χ1n) is 12.3. The van der Waals surface area contributed by atoms with Crippen LogP contribution < -0.4 is 0 Å². The fourth-order valence-electron chi connectivity index (χ4n) is 4.74. The molecule has 7 heteroatoms. The van der Waals surface area contributed by atoms with E-state index in [4.69, 9.17) is 16.3 Å². The largest absolute Gasteiger partial charge is 0.367 e. The number of ether oxygens (including phenoxy) is 1. The van der Waals surface area contributed by atoms with Crippen LogP contribution in [0, 0.1) is 11.6 Å². The Hall–Kier alpha value is -3.32. The fraction of sp³-hybridized carbons (Fsp3) is 0.233. The average molecular weight is 521 g/mol. The van der Waals surface area contributed by atoms with Gasteiger partial charge in [-0.3, -0.25) is 9.69 Å². The molecule has 1 saturated heterocycles. The summed E-state index contributed by atoms with van der Waals surface area (Å²) >= 11 is 6.07. The standard InChI is InChI=1S/C30H27ClF2N2O2/c31-23-13-11-22(12-14-23)29(37-20-26-27(32)9-4-10-28(26)33)19-34-15-17-35(18-16-34)30(36)25-8-3-6-21-5-1-2-7-24(21)25/h1-14,29H,15-20H2/t29-/m0/s1. The van der Waals surface area contributed by atoms with Crippen LogP contribution in [0.5, 0.6) is 0 Å². The van der Waals surface area contributed by atoms with Crippen molar-refractivity contribution < 1.29 is 18.3 Å². The molecule has 4 aromatic rings. The van der Waals surface area contributed by atoms with Gasteiger partial charge in [0.1, 0.15) is 11.6 Å². The van der Waals surface area contributed by atoms with Gasteiger partial charge in [-0.05, 0) is 46.7 Å². The molecule has 5 rings (SSSR count). The van der Waals surface area contributed by atoms with Gasteiger partial charge in [-0.15, -0.1) is 0 Å². The third-order valence-corrected chi connectivity index (χ3v) is 7.09. The Kier molecular flexibility index (Phi) is 7.79. The third kappa shape index (κ3) is 5.82. The van der Waals surface area contributed by atoms with Crippen LogP contribution in [0.15, 0.2) is 84.9 Å². The molecular weight excluding hydrogens is 494 g/mol. The zero-order chi connectivity index (χ0) is 25.8. The molecule has 1 aliphatic rings. The number of nitrogens with zero attached hydrogens (tertiary/aromatic N) is 2. The topological polar surface area (TPSA) is 32.8 Å². The predicted molar refractivity (Wildman–Crippen MR) is 142 cm³/mol. The molecule has 1 heterocycles. The molecule has 1 aliphatic heterocycles. The molecule has 0 spiro atoms. The summed E-state index contributed by atoms with van der Waals surface area (Å²) in [7, 11) is 0. The molecule has 1 fully saturated rings. The van der Waals surface area contributed by atoms with Gasteiger partial charge in [-0.1, -0.05) is 66.2 Å². The minimum atomic E-state index is -0.629. The Morgan fingerprint density at radius 1 is 0.838 bits per heavy atom. The van der Waals surface area contributed by atoms with Crippen molar-refractivity contribution in [3.8, 4) is 0 Å².